The molecule has 29 heavy (non-hydrogen) atoms. The van der Waals surface area contributed by atoms with Crippen LogP contribution in [0.2, 0.25) is 0 Å². The van der Waals surface area contributed by atoms with Gasteiger partial charge in [-0.1, -0.05) is 48.2 Å². The number of thioether (sulfide) groups is 1. The molecule has 2 saturated heterocycles. The van der Waals surface area contributed by atoms with Crippen molar-refractivity contribution >= 4 is 38.4 Å². The largest absolute Gasteiger partial charge is 0.496 e. The van der Waals surface area contributed by atoms with Gasteiger partial charge in [0.2, 0.25) is 0 Å². The first-order valence-corrected chi connectivity index (χ1v) is 12.0. The van der Waals surface area contributed by atoms with Gasteiger partial charge in [-0.15, -0.1) is 0 Å². The Hall–Kier alpha value is -2.32. The predicted octanol–water partition coefficient (Wildman–Crippen LogP) is 2.85. The molecule has 2 aromatic carbocycles. The van der Waals surface area contributed by atoms with E-state index in [1.165, 1.54) is 11.8 Å². The summed E-state index contributed by atoms with van der Waals surface area (Å²) in [7, 11) is -1.51. The molecule has 0 radical (unpaired) electrons. The van der Waals surface area contributed by atoms with Gasteiger partial charge in [0, 0.05) is 16.5 Å². The fourth-order valence-electron chi connectivity index (χ4n) is 3.84. The minimum absolute atomic E-state index is 0.0821. The van der Waals surface area contributed by atoms with Crippen LogP contribution in [0.5, 0.6) is 5.75 Å². The van der Waals surface area contributed by atoms with Crippen molar-refractivity contribution in [2.45, 2.75) is 24.6 Å². The molecule has 8 heteroatoms. The first kappa shape index (κ1) is 20.0. The third-order valence-electron chi connectivity index (χ3n) is 5.20. The van der Waals surface area contributed by atoms with E-state index in [-0.39, 0.29) is 35.1 Å². The quantitative estimate of drug-likeness (QED) is 0.743. The molecule has 1 amide bonds. The number of methoxy groups -OCH3 is 1. The van der Waals surface area contributed by atoms with Crippen molar-refractivity contribution in [1.29, 1.82) is 0 Å². The number of fused-ring (bicyclic) bond motifs is 1. The van der Waals surface area contributed by atoms with Crippen molar-refractivity contribution < 1.29 is 17.9 Å². The van der Waals surface area contributed by atoms with Gasteiger partial charge in [-0.3, -0.25) is 4.79 Å². The lowest BCUT2D eigenvalue weighted by atomic mass is 10.1. The summed E-state index contributed by atoms with van der Waals surface area (Å²) < 4.78 is 29.7. The maximum Gasteiger partial charge on any atom is 0.252 e. The summed E-state index contributed by atoms with van der Waals surface area (Å²) in [6.45, 7) is 1.98. The van der Waals surface area contributed by atoms with Crippen LogP contribution < -0.4 is 9.64 Å². The number of ether oxygens (including phenoxy) is 1. The Labute approximate surface area is 174 Å². The maximum absolute atomic E-state index is 12.7. The van der Waals surface area contributed by atoms with Crippen LogP contribution in [0, 0.1) is 6.92 Å². The molecule has 2 aromatic rings. The third-order valence-corrected chi connectivity index (χ3v) is 8.41. The molecule has 2 atom stereocenters. The number of rotatable bonds is 4. The van der Waals surface area contributed by atoms with E-state index in [2.05, 4.69) is 4.99 Å². The monoisotopic (exact) mass is 430 g/mol. The highest BCUT2D eigenvalue weighted by atomic mass is 32.2. The zero-order valence-electron chi connectivity index (χ0n) is 16.2. The predicted molar refractivity (Wildman–Crippen MR) is 117 cm³/mol. The molecule has 0 N–H and O–H groups in total. The summed E-state index contributed by atoms with van der Waals surface area (Å²) >= 11 is 1.39. The van der Waals surface area contributed by atoms with Crippen LogP contribution in [-0.2, 0) is 21.1 Å². The molecule has 2 fully saturated rings. The fraction of sp³-hybridized carbons (Fsp3) is 0.333. The van der Waals surface area contributed by atoms with Gasteiger partial charge >= 0.3 is 0 Å². The summed E-state index contributed by atoms with van der Waals surface area (Å²) in [5.41, 5.74) is 2.69. The van der Waals surface area contributed by atoms with Gasteiger partial charge in [0.1, 0.15) is 5.75 Å². The Bertz CT molecular complexity index is 1080. The first-order chi connectivity index (χ1) is 13.9. The van der Waals surface area contributed by atoms with Crippen molar-refractivity contribution in [2.24, 2.45) is 4.99 Å². The minimum atomic E-state index is -3.09. The SMILES string of the molecule is COc1ccccc1CC(=O)N=C1S[C@H]2CS(=O)(=O)C[C@H]2N1c1ccccc1C. The van der Waals surface area contributed by atoms with Crippen molar-refractivity contribution in [2.75, 3.05) is 23.5 Å². The molecule has 6 nitrogen and oxygen atoms in total. The highest BCUT2D eigenvalue weighted by Gasteiger charge is 2.49. The number of hydrogen-bond acceptors (Lipinski definition) is 5. The highest BCUT2D eigenvalue weighted by Crippen LogP contribution is 2.41. The lowest BCUT2D eigenvalue weighted by molar-refractivity contribution is -0.117. The van der Waals surface area contributed by atoms with Crippen LogP contribution in [0.4, 0.5) is 5.69 Å². The van der Waals surface area contributed by atoms with Crippen LogP contribution in [-0.4, -0.2) is 49.4 Å². The second kappa shape index (κ2) is 7.84. The number of para-hydroxylation sites is 2. The van der Waals surface area contributed by atoms with E-state index in [9.17, 15) is 13.2 Å². The molecular formula is C21H22N2O4S2. The number of aryl methyl sites for hydroxylation is 1. The number of hydrogen-bond donors (Lipinski definition) is 0. The number of nitrogens with zero attached hydrogens (tertiary/aromatic N) is 2. The zero-order valence-corrected chi connectivity index (χ0v) is 17.9. The van der Waals surface area contributed by atoms with Gasteiger partial charge in [0.05, 0.1) is 31.1 Å². The lowest BCUT2D eigenvalue weighted by Crippen LogP contribution is -2.38. The molecule has 0 bridgehead atoms. The number of amides is 1. The van der Waals surface area contributed by atoms with Gasteiger partial charge in [0.15, 0.2) is 15.0 Å². The van der Waals surface area contributed by atoms with Gasteiger partial charge in [-0.25, -0.2) is 8.42 Å². The van der Waals surface area contributed by atoms with E-state index in [1.54, 1.807) is 7.11 Å². The number of carbonyl (C=O) groups is 1. The Morgan fingerprint density at radius 3 is 2.66 bits per heavy atom. The Kier molecular flexibility index (Phi) is 5.40. The number of benzene rings is 2. The normalized spacial score (nSPS) is 23.9. The molecule has 0 aliphatic carbocycles. The lowest BCUT2D eigenvalue weighted by Gasteiger charge is -2.26. The molecule has 2 aliphatic rings. The van der Waals surface area contributed by atoms with Crippen LogP contribution >= 0.6 is 11.8 Å². The van der Waals surface area contributed by atoms with E-state index in [1.807, 2.05) is 60.4 Å². The topological polar surface area (TPSA) is 76.0 Å². The molecule has 2 aliphatic heterocycles. The Balaban J connectivity index is 1.66. The summed E-state index contributed by atoms with van der Waals surface area (Å²) in [6, 6.07) is 14.9. The average Bonchev–Trinajstić information content (AvgIpc) is 3.13. The Morgan fingerprint density at radius 2 is 1.90 bits per heavy atom. The number of carbonyl (C=O) groups excluding carboxylic acids is 1. The third kappa shape index (κ3) is 4.04. The molecule has 0 spiro atoms. The Morgan fingerprint density at radius 1 is 1.17 bits per heavy atom. The molecule has 4 rings (SSSR count). The summed E-state index contributed by atoms with van der Waals surface area (Å²) in [5, 5.41) is 0.460. The highest BCUT2D eigenvalue weighted by molar-refractivity contribution is 8.16. The standard InChI is InChI=1S/C21H22N2O4S2/c1-14-7-3-5-9-16(14)23-17-12-29(25,26)13-19(17)28-21(23)22-20(24)11-15-8-4-6-10-18(15)27-2/h3-10,17,19H,11-13H2,1-2H3/t17-,19+/m1/s1. The van der Waals surface area contributed by atoms with E-state index in [0.29, 0.717) is 10.9 Å². The van der Waals surface area contributed by atoms with Crippen LogP contribution in [0.3, 0.4) is 0 Å². The number of aliphatic imine (C=N–C) groups is 1. The van der Waals surface area contributed by atoms with Gasteiger partial charge < -0.3 is 9.64 Å². The molecule has 0 saturated carbocycles. The molecular weight excluding hydrogens is 408 g/mol. The van der Waals surface area contributed by atoms with E-state index < -0.39 is 9.84 Å². The second-order valence-corrected chi connectivity index (χ2v) is 10.6. The van der Waals surface area contributed by atoms with Crippen molar-refractivity contribution in [3.8, 4) is 5.75 Å². The van der Waals surface area contributed by atoms with Gasteiger partial charge in [-0.2, -0.15) is 4.99 Å². The molecule has 152 valence electrons. The second-order valence-electron chi connectivity index (χ2n) is 7.23. The van der Waals surface area contributed by atoms with Crippen LogP contribution in [0.15, 0.2) is 53.5 Å². The summed E-state index contributed by atoms with van der Waals surface area (Å²) in [6.07, 6.45) is 0.128. The van der Waals surface area contributed by atoms with E-state index >= 15 is 0 Å². The smallest absolute Gasteiger partial charge is 0.252 e. The van der Waals surface area contributed by atoms with Crippen molar-refractivity contribution in [3.05, 3.63) is 59.7 Å². The average molecular weight is 431 g/mol. The molecule has 2 heterocycles. The fourth-order valence-corrected chi connectivity index (χ4v) is 7.76. The van der Waals surface area contributed by atoms with Crippen LogP contribution in [0.25, 0.3) is 0 Å². The zero-order chi connectivity index (χ0) is 20.6. The number of anilines is 1. The van der Waals surface area contributed by atoms with Crippen molar-refractivity contribution in [1.82, 2.24) is 0 Å². The number of amidine groups is 1. The summed E-state index contributed by atoms with van der Waals surface area (Å²) in [5.74, 6) is 0.570. The van der Waals surface area contributed by atoms with Gasteiger partial charge in [-0.05, 0) is 24.6 Å². The molecule has 0 aromatic heterocycles. The number of sulfone groups is 1. The minimum Gasteiger partial charge on any atom is -0.496 e. The van der Waals surface area contributed by atoms with Crippen LogP contribution in [0.1, 0.15) is 11.1 Å². The molecule has 0 unspecified atom stereocenters. The van der Waals surface area contributed by atoms with Gasteiger partial charge in [0.25, 0.3) is 5.91 Å². The van der Waals surface area contributed by atoms with Crippen molar-refractivity contribution in [3.63, 3.8) is 0 Å². The van der Waals surface area contributed by atoms with E-state index in [0.717, 1.165) is 16.8 Å². The first-order valence-electron chi connectivity index (χ1n) is 9.33. The maximum atomic E-state index is 12.7. The van der Waals surface area contributed by atoms with E-state index in [4.69, 9.17) is 4.74 Å². The summed E-state index contributed by atoms with van der Waals surface area (Å²) in [4.78, 5) is 19.1.